The molecule has 0 N–H and O–H groups in total. The van der Waals surface area contributed by atoms with Crippen LogP contribution in [0.3, 0.4) is 0 Å². The summed E-state index contributed by atoms with van der Waals surface area (Å²) in [6.07, 6.45) is -15.2. The highest BCUT2D eigenvalue weighted by molar-refractivity contribution is 5.66. The van der Waals surface area contributed by atoms with E-state index in [1.807, 2.05) is 273 Å². The van der Waals surface area contributed by atoms with Crippen LogP contribution in [0.25, 0.3) is 0 Å². The lowest BCUT2D eigenvalue weighted by Gasteiger charge is -2.52. The molecule has 3 aliphatic rings. The number of hydrogen-bond donors (Lipinski definition) is 0. The number of carbonyl (C=O) groups is 1. The Bertz CT molecular complexity index is 3820. The van der Waals surface area contributed by atoms with Crippen molar-refractivity contribution in [3.63, 3.8) is 0 Å². The van der Waals surface area contributed by atoms with Gasteiger partial charge in [-0.15, -0.1) is 6.58 Å². The first-order chi connectivity index (χ1) is 50.9. The quantitative estimate of drug-likeness (QED) is 0.0265. The van der Waals surface area contributed by atoms with E-state index in [1.54, 1.807) is 6.08 Å². The number of ether oxygens (including phenoxy) is 16. The Morgan fingerprint density at radius 1 is 0.291 bits per heavy atom. The molecule has 0 unspecified atom stereocenters. The monoisotopic (exact) mass is 1400 g/mol. The van der Waals surface area contributed by atoms with Crippen molar-refractivity contribution < 1.29 is 80.6 Å². The van der Waals surface area contributed by atoms with E-state index in [0.717, 1.165) is 50.1 Å². The minimum atomic E-state index is -1.50. The van der Waals surface area contributed by atoms with Crippen LogP contribution in [0.5, 0.6) is 0 Å². The van der Waals surface area contributed by atoms with E-state index in [4.69, 9.17) is 75.8 Å². The second-order valence-electron chi connectivity index (χ2n) is 25.6. The third kappa shape index (κ3) is 22.3. The molecule has 0 amide bonds. The molecule has 0 spiro atoms. The maximum Gasteiger partial charge on any atom is 0.303 e. The van der Waals surface area contributed by atoms with Crippen LogP contribution in [0.15, 0.2) is 286 Å². The van der Waals surface area contributed by atoms with Crippen LogP contribution < -0.4 is 0 Å². The zero-order chi connectivity index (χ0) is 70.5. The molecule has 12 rings (SSSR count). The second kappa shape index (κ2) is 40.0. The molecule has 3 fully saturated rings. The van der Waals surface area contributed by atoms with E-state index >= 15 is 0 Å². The Hall–Kier alpha value is -8.41. The summed E-state index contributed by atoms with van der Waals surface area (Å²) >= 11 is 0. The van der Waals surface area contributed by atoms with Crippen molar-refractivity contribution in [2.75, 3.05) is 26.4 Å². The first-order valence-electron chi connectivity index (χ1n) is 35.3. The maximum absolute atomic E-state index is 14.1. The molecule has 0 bridgehead atoms. The van der Waals surface area contributed by atoms with Crippen molar-refractivity contribution in [2.24, 2.45) is 0 Å². The van der Waals surface area contributed by atoms with Gasteiger partial charge in [0.2, 0.25) is 0 Å². The minimum absolute atomic E-state index is 0.0199. The highest BCUT2D eigenvalue weighted by Gasteiger charge is 2.58. The molecule has 17 nitrogen and oxygen atoms in total. The van der Waals surface area contributed by atoms with Gasteiger partial charge in [-0.05, 0) is 50.1 Å². The summed E-state index contributed by atoms with van der Waals surface area (Å²) in [5.41, 5.74) is 8.15. The van der Waals surface area contributed by atoms with Crippen LogP contribution >= 0.6 is 0 Å². The lowest BCUT2D eigenvalue weighted by Crippen LogP contribution is -2.68. The molecule has 3 saturated heterocycles. The molecule has 3 aliphatic heterocycles. The molecular formula is C86H92O17. The summed E-state index contributed by atoms with van der Waals surface area (Å²) < 4.78 is 114. The normalized spacial score (nSPS) is 24.8. The van der Waals surface area contributed by atoms with E-state index in [2.05, 4.69) is 6.58 Å². The predicted molar refractivity (Wildman–Crippen MR) is 386 cm³/mol. The Kier molecular flexibility index (Phi) is 28.9. The average Bonchev–Trinajstić information content (AvgIpc) is 0.761. The molecule has 103 heavy (non-hydrogen) atoms. The Balaban J connectivity index is 0.997. The number of carbonyl (C=O) groups excluding carboxylic acids is 1. The fourth-order valence-corrected chi connectivity index (χ4v) is 12.8. The van der Waals surface area contributed by atoms with Crippen molar-refractivity contribution in [3.8, 4) is 0 Å². The van der Waals surface area contributed by atoms with Crippen molar-refractivity contribution in [2.45, 2.75) is 159 Å². The van der Waals surface area contributed by atoms with Crippen LogP contribution in [-0.2, 0) is 140 Å². The Morgan fingerprint density at radius 2 is 0.515 bits per heavy atom. The summed E-state index contributed by atoms with van der Waals surface area (Å²) in [6.45, 7) is 6.93. The topological polar surface area (TPSA) is 165 Å². The third-order valence-corrected chi connectivity index (χ3v) is 17.9. The first-order valence-corrected chi connectivity index (χ1v) is 35.3. The van der Waals surface area contributed by atoms with Crippen LogP contribution in [0.1, 0.15) is 57.0 Å². The van der Waals surface area contributed by atoms with E-state index in [-0.39, 0.29) is 85.9 Å². The van der Waals surface area contributed by atoms with Gasteiger partial charge in [0.05, 0.1) is 85.9 Å². The number of hydrogen-bond acceptors (Lipinski definition) is 17. The summed E-state index contributed by atoms with van der Waals surface area (Å²) in [4.78, 5) is 14.1. The molecule has 0 aliphatic carbocycles. The second-order valence-corrected chi connectivity index (χ2v) is 25.6. The van der Waals surface area contributed by atoms with E-state index < -0.39 is 98.1 Å². The van der Waals surface area contributed by atoms with Gasteiger partial charge < -0.3 is 75.8 Å². The Morgan fingerprint density at radius 3 is 0.777 bits per heavy atom. The van der Waals surface area contributed by atoms with Crippen LogP contribution in [-0.4, -0.2) is 125 Å². The molecule has 3 heterocycles. The largest absolute Gasteiger partial charge is 0.454 e. The summed E-state index contributed by atoms with van der Waals surface area (Å²) in [5.74, 6) is -0.635. The van der Waals surface area contributed by atoms with Gasteiger partial charge in [-0.25, -0.2) is 0 Å². The van der Waals surface area contributed by atoms with Crippen molar-refractivity contribution >= 4 is 5.97 Å². The van der Waals surface area contributed by atoms with Gasteiger partial charge in [0.25, 0.3) is 0 Å². The minimum Gasteiger partial charge on any atom is -0.454 e. The van der Waals surface area contributed by atoms with Gasteiger partial charge in [-0.1, -0.05) is 279 Å². The molecule has 15 atom stereocenters. The highest BCUT2D eigenvalue weighted by atomic mass is 16.8. The molecule has 0 saturated carbocycles. The third-order valence-electron chi connectivity index (χ3n) is 17.9. The summed E-state index contributed by atoms with van der Waals surface area (Å²) in [5, 5.41) is 0. The van der Waals surface area contributed by atoms with Gasteiger partial charge in [0.1, 0.15) is 67.1 Å². The van der Waals surface area contributed by atoms with Gasteiger partial charge in [0.15, 0.2) is 25.0 Å². The predicted octanol–water partition coefficient (Wildman–Crippen LogP) is 14.2. The van der Waals surface area contributed by atoms with Gasteiger partial charge >= 0.3 is 5.97 Å². The maximum atomic E-state index is 14.1. The van der Waals surface area contributed by atoms with E-state index in [0.29, 0.717) is 0 Å². The van der Waals surface area contributed by atoms with E-state index in [1.165, 1.54) is 6.92 Å². The van der Waals surface area contributed by atoms with Crippen molar-refractivity contribution in [3.05, 3.63) is 336 Å². The molecule has 9 aromatic rings. The summed E-state index contributed by atoms with van der Waals surface area (Å²) in [7, 11) is 0. The van der Waals surface area contributed by atoms with Gasteiger partial charge in [-0.2, -0.15) is 0 Å². The number of benzene rings is 9. The van der Waals surface area contributed by atoms with Gasteiger partial charge in [-0.3, -0.25) is 4.79 Å². The zero-order valence-electron chi connectivity index (χ0n) is 58.1. The molecule has 538 valence electrons. The molecule has 9 aromatic carbocycles. The number of rotatable bonds is 38. The number of esters is 1. The Labute approximate surface area is 604 Å². The zero-order valence-corrected chi connectivity index (χ0v) is 58.1. The van der Waals surface area contributed by atoms with Gasteiger partial charge in [0, 0.05) is 6.92 Å². The lowest BCUT2D eigenvalue weighted by molar-refractivity contribution is -0.404. The van der Waals surface area contributed by atoms with Crippen LogP contribution in [0, 0.1) is 0 Å². The SMILES string of the molecule is C=CCO[C@H]1O[C@H](COCc2ccccc2)[C@@H](OCc2ccccc2)[C@H](OCc2ccccc2)[C@@H]1O[C@H]1O[C@H](COCc2ccccc2)[C@@H](OCc2ccccc2)[C@H](OCc2ccccc2)[C@@H]1O[C@H]1O[C@H](COCc2ccccc2)[C@@H](OCc2ccccc2)[C@H](OCc2ccccc2)[C@@H]1OC(C)=O. The van der Waals surface area contributed by atoms with Crippen LogP contribution in [0.4, 0.5) is 0 Å². The molecule has 0 radical (unpaired) electrons. The fraction of sp³-hybridized carbons (Fsp3) is 0.337. The fourth-order valence-electron chi connectivity index (χ4n) is 12.8. The average molecular weight is 1400 g/mol. The molecule has 17 heteroatoms. The van der Waals surface area contributed by atoms with Crippen molar-refractivity contribution in [1.29, 1.82) is 0 Å². The van der Waals surface area contributed by atoms with Crippen molar-refractivity contribution in [1.82, 2.24) is 0 Å². The molecular weight excluding hydrogens is 1300 g/mol. The smallest absolute Gasteiger partial charge is 0.303 e. The standard InChI is InChI=1S/C86H92O17/c1-3-49-91-84-81(78(95-56-69-43-25-10-26-44-69)75(92-53-66-37-19-7-20-38-66)72(99-84)59-88-50-63-31-13-4-14-32-63)102-86-83(80(97-58-71-47-29-12-30-48-71)77(94-55-68-41-23-9-24-42-68)74(101-86)61-90-52-65-35-17-6-18-36-65)103-85-82(98-62(2)87)79(96-57-70-45-27-11-28-46-70)76(93-54-67-39-21-8-22-40-67)73(100-85)60-89-51-64-33-15-5-16-34-64/h3-48,72-86H,1,49-61H2,2H3/t72-,73-,74-,75-,76-,77-,78+,79+,80+,81+,82+,83+,84+,85-,86-/m1/s1. The molecule has 0 aromatic heterocycles. The lowest BCUT2D eigenvalue weighted by atomic mass is 9.95. The highest BCUT2D eigenvalue weighted by Crippen LogP contribution is 2.40. The van der Waals surface area contributed by atoms with Crippen LogP contribution in [0.2, 0.25) is 0 Å². The summed E-state index contributed by atoms with van der Waals surface area (Å²) in [6, 6.07) is 88.8. The van der Waals surface area contributed by atoms with E-state index in [9.17, 15) is 4.79 Å². The first kappa shape index (κ1) is 74.3.